The molecule has 2 aromatic rings. The van der Waals surface area contributed by atoms with Crippen LogP contribution in [0.3, 0.4) is 0 Å². The Morgan fingerprint density at radius 2 is 2.22 bits per heavy atom. The van der Waals surface area contributed by atoms with Crippen LogP contribution in [-0.4, -0.2) is 26.6 Å². The summed E-state index contributed by atoms with van der Waals surface area (Å²) in [7, 11) is 3.84. The average molecular weight is 268 g/mol. The monoisotopic (exact) mass is 267 g/mol. The van der Waals surface area contributed by atoms with E-state index in [9.17, 15) is 0 Å². The fraction of sp³-hybridized carbons (Fsp3) is 0.500. The van der Waals surface area contributed by atoms with Gasteiger partial charge < -0.3 is 5.32 Å². The summed E-state index contributed by atoms with van der Waals surface area (Å²) in [5, 5.41) is 12.6. The van der Waals surface area contributed by atoms with Crippen molar-refractivity contribution in [1.82, 2.24) is 24.9 Å². The van der Waals surface area contributed by atoms with Crippen LogP contribution < -0.4 is 5.32 Å². The fourth-order valence-electron chi connectivity index (χ4n) is 2.25. The lowest BCUT2D eigenvalue weighted by molar-refractivity contribution is 0.562. The summed E-state index contributed by atoms with van der Waals surface area (Å²) in [6, 6.07) is 0.00801. The van der Waals surface area contributed by atoms with Gasteiger partial charge in [0.1, 0.15) is 0 Å². The minimum atomic E-state index is 0.00801. The molecule has 0 aliphatic rings. The maximum absolute atomic E-state index is 6.26. The maximum Gasteiger partial charge on any atom is 0.0837 e. The first-order valence-electron chi connectivity index (χ1n) is 5.97. The zero-order chi connectivity index (χ0) is 13.3. The van der Waals surface area contributed by atoms with Gasteiger partial charge in [0.15, 0.2) is 0 Å². The Morgan fingerprint density at radius 1 is 1.50 bits per heavy atom. The molecule has 2 aromatic heterocycles. The van der Waals surface area contributed by atoms with E-state index in [1.54, 1.807) is 6.20 Å². The van der Waals surface area contributed by atoms with Crippen molar-refractivity contribution < 1.29 is 0 Å². The summed E-state index contributed by atoms with van der Waals surface area (Å²) in [6.07, 6.45) is 3.70. The molecule has 2 rings (SSSR count). The third kappa shape index (κ3) is 2.15. The van der Waals surface area contributed by atoms with Crippen LogP contribution in [0.5, 0.6) is 0 Å². The largest absolute Gasteiger partial charge is 0.308 e. The molecule has 0 spiro atoms. The number of hydrogen-bond donors (Lipinski definition) is 1. The normalized spacial score (nSPS) is 12.9. The number of nitrogens with one attached hydrogen (secondary N) is 1. The van der Waals surface area contributed by atoms with Crippen molar-refractivity contribution in [3.63, 3.8) is 0 Å². The summed E-state index contributed by atoms with van der Waals surface area (Å²) in [5.41, 5.74) is 3.10. The van der Waals surface area contributed by atoms with Gasteiger partial charge in [-0.05, 0) is 20.9 Å². The molecular weight excluding hydrogens is 250 g/mol. The van der Waals surface area contributed by atoms with Gasteiger partial charge in [-0.3, -0.25) is 9.36 Å². The van der Waals surface area contributed by atoms with E-state index in [4.69, 9.17) is 11.6 Å². The minimum Gasteiger partial charge on any atom is -0.308 e. The number of aromatic nitrogens is 4. The Morgan fingerprint density at radius 3 is 2.72 bits per heavy atom. The van der Waals surface area contributed by atoms with Gasteiger partial charge in [-0.25, -0.2) is 0 Å². The molecule has 1 unspecified atom stereocenters. The van der Waals surface area contributed by atoms with E-state index < -0.39 is 0 Å². The van der Waals surface area contributed by atoms with Gasteiger partial charge in [0.05, 0.1) is 28.6 Å². The van der Waals surface area contributed by atoms with Crippen molar-refractivity contribution in [3.8, 4) is 0 Å². The van der Waals surface area contributed by atoms with Gasteiger partial charge >= 0.3 is 0 Å². The predicted molar refractivity (Wildman–Crippen MR) is 71.8 cm³/mol. The second-order valence-corrected chi connectivity index (χ2v) is 4.67. The van der Waals surface area contributed by atoms with Crippen molar-refractivity contribution in [3.05, 3.63) is 34.4 Å². The van der Waals surface area contributed by atoms with E-state index >= 15 is 0 Å². The molecule has 0 fully saturated rings. The Kier molecular flexibility index (Phi) is 3.73. The van der Waals surface area contributed by atoms with Gasteiger partial charge in [-0.15, -0.1) is 0 Å². The molecular formula is C12H18ClN5. The smallest absolute Gasteiger partial charge is 0.0837 e. The molecule has 0 bridgehead atoms. The lowest BCUT2D eigenvalue weighted by Gasteiger charge is -2.17. The minimum absolute atomic E-state index is 0.00801. The SMILES string of the molecule is CCn1ncc(Cl)c1C(NC)c1cn(C)nc1C. The first-order valence-corrected chi connectivity index (χ1v) is 6.34. The Labute approximate surface area is 112 Å². The van der Waals surface area contributed by atoms with Crippen LogP contribution in [0.25, 0.3) is 0 Å². The standard InChI is InChI=1S/C12H18ClN5/c1-5-18-12(10(13)6-15-18)11(14-3)9-7-17(4)16-8(9)2/h6-7,11,14H,5H2,1-4H3. The quantitative estimate of drug-likeness (QED) is 0.921. The lowest BCUT2D eigenvalue weighted by atomic mass is 10.1. The summed E-state index contributed by atoms with van der Waals surface area (Å²) in [4.78, 5) is 0. The molecule has 0 saturated carbocycles. The number of aryl methyl sites for hydroxylation is 3. The molecule has 5 nitrogen and oxygen atoms in total. The summed E-state index contributed by atoms with van der Waals surface area (Å²) < 4.78 is 3.73. The van der Waals surface area contributed by atoms with E-state index in [0.29, 0.717) is 5.02 Å². The zero-order valence-electron chi connectivity index (χ0n) is 11.1. The van der Waals surface area contributed by atoms with Crippen LogP contribution in [0.15, 0.2) is 12.4 Å². The van der Waals surface area contributed by atoms with Crippen molar-refractivity contribution in [1.29, 1.82) is 0 Å². The first-order chi connectivity index (χ1) is 8.58. The van der Waals surface area contributed by atoms with Crippen molar-refractivity contribution in [2.24, 2.45) is 7.05 Å². The van der Waals surface area contributed by atoms with Gasteiger partial charge in [0.2, 0.25) is 0 Å². The van der Waals surface area contributed by atoms with Crippen LogP contribution in [-0.2, 0) is 13.6 Å². The van der Waals surface area contributed by atoms with Gasteiger partial charge in [0, 0.05) is 25.4 Å². The number of halogens is 1. The maximum atomic E-state index is 6.26. The van der Waals surface area contributed by atoms with Crippen molar-refractivity contribution in [2.45, 2.75) is 26.4 Å². The molecule has 6 heteroatoms. The molecule has 0 aliphatic heterocycles. The Balaban J connectivity index is 2.51. The van der Waals surface area contributed by atoms with Crippen LogP contribution in [0.2, 0.25) is 5.02 Å². The van der Waals surface area contributed by atoms with Crippen molar-refractivity contribution in [2.75, 3.05) is 7.05 Å². The highest BCUT2D eigenvalue weighted by atomic mass is 35.5. The molecule has 0 aliphatic carbocycles. The van der Waals surface area contributed by atoms with Crippen LogP contribution >= 0.6 is 11.6 Å². The third-order valence-corrected chi connectivity index (χ3v) is 3.35. The van der Waals surface area contributed by atoms with Crippen LogP contribution in [0.4, 0.5) is 0 Å². The highest BCUT2D eigenvalue weighted by Crippen LogP contribution is 2.29. The van der Waals surface area contributed by atoms with Crippen LogP contribution in [0.1, 0.15) is 29.9 Å². The molecule has 2 heterocycles. The fourth-order valence-corrected chi connectivity index (χ4v) is 2.50. The van der Waals surface area contributed by atoms with Crippen molar-refractivity contribution >= 4 is 11.6 Å². The topological polar surface area (TPSA) is 47.7 Å². The molecule has 1 N–H and O–H groups in total. The molecule has 0 radical (unpaired) electrons. The molecule has 0 saturated heterocycles. The summed E-state index contributed by atoms with van der Waals surface area (Å²) in [5.74, 6) is 0. The Hall–Kier alpha value is -1.33. The Bertz CT molecular complexity index is 543. The summed E-state index contributed by atoms with van der Waals surface area (Å²) in [6.45, 7) is 4.84. The average Bonchev–Trinajstić information content (AvgIpc) is 2.85. The molecule has 0 amide bonds. The van der Waals surface area contributed by atoms with E-state index in [-0.39, 0.29) is 6.04 Å². The summed E-state index contributed by atoms with van der Waals surface area (Å²) >= 11 is 6.26. The second kappa shape index (κ2) is 5.12. The first kappa shape index (κ1) is 13.1. The highest BCUT2D eigenvalue weighted by molar-refractivity contribution is 6.31. The highest BCUT2D eigenvalue weighted by Gasteiger charge is 2.23. The molecule has 1 atom stereocenters. The molecule has 18 heavy (non-hydrogen) atoms. The van der Waals surface area contributed by atoms with E-state index in [0.717, 1.165) is 23.5 Å². The van der Waals surface area contributed by atoms with E-state index in [1.807, 2.05) is 36.6 Å². The molecule has 0 aromatic carbocycles. The van der Waals surface area contributed by atoms with Gasteiger partial charge in [0.25, 0.3) is 0 Å². The number of nitrogens with zero attached hydrogens (tertiary/aromatic N) is 4. The lowest BCUT2D eigenvalue weighted by Crippen LogP contribution is -2.22. The van der Waals surface area contributed by atoms with E-state index in [1.165, 1.54) is 0 Å². The van der Waals surface area contributed by atoms with Gasteiger partial charge in [-0.2, -0.15) is 10.2 Å². The molecule has 98 valence electrons. The number of rotatable bonds is 4. The predicted octanol–water partition coefficient (Wildman–Crippen LogP) is 1.91. The van der Waals surface area contributed by atoms with E-state index in [2.05, 4.69) is 22.4 Å². The second-order valence-electron chi connectivity index (χ2n) is 4.26. The van der Waals surface area contributed by atoms with Crippen LogP contribution in [0, 0.1) is 6.92 Å². The zero-order valence-corrected chi connectivity index (χ0v) is 11.9. The number of hydrogen-bond acceptors (Lipinski definition) is 3. The third-order valence-electron chi connectivity index (χ3n) is 3.06. The van der Waals surface area contributed by atoms with Gasteiger partial charge in [-0.1, -0.05) is 11.6 Å².